The zero-order valence-corrected chi connectivity index (χ0v) is 13.3. The molecule has 0 radical (unpaired) electrons. The Hall–Kier alpha value is -3.09. The van der Waals surface area contributed by atoms with Crippen molar-refractivity contribution in [3.05, 3.63) is 65.9 Å². The molecule has 0 unspecified atom stereocenters. The second-order valence-corrected chi connectivity index (χ2v) is 5.97. The van der Waals surface area contributed by atoms with E-state index in [0.717, 1.165) is 5.56 Å². The van der Waals surface area contributed by atoms with Crippen molar-refractivity contribution < 1.29 is 13.7 Å². The summed E-state index contributed by atoms with van der Waals surface area (Å²) in [5.74, 6) is 0.716. The van der Waals surface area contributed by atoms with Crippen LogP contribution in [0.5, 0.6) is 0 Å². The van der Waals surface area contributed by atoms with Crippen molar-refractivity contribution in [2.45, 2.75) is 12.3 Å². The molecule has 1 aromatic carbocycles. The summed E-state index contributed by atoms with van der Waals surface area (Å²) in [4.78, 5) is 22.5. The number of aromatic nitrogens is 3. The van der Waals surface area contributed by atoms with Crippen LogP contribution in [-0.4, -0.2) is 39.0 Å². The van der Waals surface area contributed by atoms with Crippen LogP contribution in [0.25, 0.3) is 11.5 Å². The maximum absolute atomic E-state index is 12.9. The molecule has 7 heteroatoms. The number of pyridine rings is 1. The number of likely N-dealkylation sites (tertiary alicyclic amines) is 1. The highest BCUT2D eigenvalue weighted by atomic mass is 19.1. The van der Waals surface area contributed by atoms with E-state index in [-0.39, 0.29) is 24.1 Å². The summed E-state index contributed by atoms with van der Waals surface area (Å²) in [6.45, 7) is 1.09. The molecule has 3 aromatic rings. The fourth-order valence-corrected chi connectivity index (χ4v) is 2.73. The smallest absolute Gasteiger partial charge is 0.233 e. The van der Waals surface area contributed by atoms with Gasteiger partial charge in [-0.3, -0.25) is 9.78 Å². The van der Waals surface area contributed by atoms with Gasteiger partial charge in [0.05, 0.1) is 12.3 Å². The number of hydrogen-bond donors (Lipinski definition) is 0. The Morgan fingerprint density at radius 1 is 1.20 bits per heavy atom. The molecule has 4 rings (SSSR count). The highest BCUT2D eigenvalue weighted by molar-refractivity contribution is 5.79. The molecule has 1 aliphatic rings. The molecule has 0 saturated carbocycles. The standard InChI is InChI=1S/C18H15FN4O2/c19-14-6-4-12(5-7-14)9-16(24)23-10-13(11-23)18-21-17(22-25-18)15-3-1-2-8-20-15/h1-8,13H,9-11H2. The van der Waals surface area contributed by atoms with Crippen molar-refractivity contribution in [2.75, 3.05) is 13.1 Å². The van der Waals surface area contributed by atoms with Gasteiger partial charge in [0, 0.05) is 19.3 Å². The molecule has 1 fully saturated rings. The van der Waals surface area contributed by atoms with E-state index in [9.17, 15) is 9.18 Å². The Morgan fingerprint density at radius 2 is 2.00 bits per heavy atom. The molecule has 0 spiro atoms. The molecule has 0 bridgehead atoms. The molecule has 6 nitrogen and oxygen atoms in total. The lowest BCUT2D eigenvalue weighted by Gasteiger charge is -2.37. The monoisotopic (exact) mass is 338 g/mol. The second kappa shape index (κ2) is 6.43. The van der Waals surface area contributed by atoms with E-state index in [2.05, 4.69) is 15.1 Å². The predicted octanol–water partition coefficient (Wildman–Crippen LogP) is 2.44. The molecule has 1 aliphatic heterocycles. The number of amides is 1. The average molecular weight is 338 g/mol. The number of hydrogen-bond acceptors (Lipinski definition) is 5. The molecular formula is C18H15FN4O2. The largest absolute Gasteiger partial charge is 0.341 e. The fraction of sp³-hybridized carbons (Fsp3) is 0.222. The van der Waals surface area contributed by atoms with Gasteiger partial charge in [0.25, 0.3) is 0 Å². The Balaban J connectivity index is 1.35. The van der Waals surface area contributed by atoms with Crippen molar-refractivity contribution >= 4 is 5.91 Å². The zero-order valence-electron chi connectivity index (χ0n) is 13.3. The average Bonchev–Trinajstić information content (AvgIpc) is 3.06. The number of carbonyl (C=O) groups is 1. The lowest BCUT2D eigenvalue weighted by atomic mass is 9.99. The normalized spacial score (nSPS) is 14.4. The summed E-state index contributed by atoms with van der Waals surface area (Å²) in [7, 11) is 0. The maximum atomic E-state index is 12.9. The summed E-state index contributed by atoms with van der Waals surface area (Å²) in [5, 5.41) is 3.95. The van der Waals surface area contributed by atoms with Crippen molar-refractivity contribution in [1.29, 1.82) is 0 Å². The highest BCUT2D eigenvalue weighted by Crippen LogP contribution is 2.27. The van der Waals surface area contributed by atoms with Crippen LogP contribution >= 0.6 is 0 Å². The topological polar surface area (TPSA) is 72.1 Å². The molecule has 1 saturated heterocycles. The highest BCUT2D eigenvalue weighted by Gasteiger charge is 2.35. The third-order valence-electron chi connectivity index (χ3n) is 4.19. The first-order valence-corrected chi connectivity index (χ1v) is 7.96. The van der Waals surface area contributed by atoms with E-state index < -0.39 is 0 Å². The summed E-state index contributed by atoms with van der Waals surface area (Å²) in [6.07, 6.45) is 1.93. The van der Waals surface area contributed by atoms with E-state index in [1.807, 2.05) is 18.2 Å². The number of benzene rings is 1. The number of nitrogens with zero attached hydrogens (tertiary/aromatic N) is 4. The van der Waals surface area contributed by atoms with Gasteiger partial charge in [-0.25, -0.2) is 4.39 Å². The first kappa shape index (κ1) is 15.4. The van der Waals surface area contributed by atoms with Crippen molar-refractivity contribution in [3.63, 3.8) is 0 Å². The van der Waals surface area contributed by atoms with Gasteiger partial charge in [-0.15, -0.1) is 0 Å². The van der Waals surface area contributed by atoms with E-state index in [0.29, 0.717) is 30.5 Å². The van der Waals surface area contributed by atoms with Crippen molar-refractivity contribution in [2.24, 2.45) is 0 Å². The van der Waals surface area contributed by atoms with Crippen molar-refractivity contribution in [3.8, 4) is 11.5 Å². The molecular weight excluding hydrogens is 323 g/mol. The third-order valence-corrected chi connectivity index (χ3v) is 4.19. The lowest BCUT2D eigenvalue weighted by Crippen LogP contribution is -2.49. The second-order valence-electron chi connectivity index (χ2n) is 5.97. The molecule has 126 valence electrons. The van der Waals surface area contributed by atoms with Crippen LogP contribution in [0.15, 0.2) is 53.2 Å². The molecule has 1 amide bonds. The van der Waals surface area contributed by atoms with Gasteiger partial charge in [-0.1, -0.05) is 23.4 Å². The van der Waals surface area contributed by atoms with Gasteiger partial charge in [0.2, 0.25) is 17.6 Å². The lowest BCUT2D eigenvalue weighted by molar-refractivity contribution is -0.135. The number of carbonyl (C=O) groups excluding carboxylic acids is 1. The van der Waals surface area contributed by atoms with Crippen molar-refractivity contribution in [1.82, 2.24) is 20.0 Å². The fourth-order valence-electron chi connectivity index (χ4n) is 2.73. The first-order chi connectivity index (χ1) is 12.2. The minimum absolute atomic E-state index is 0.00678. The molecule has 0 aliphatic carbocycles. The minimum Gasteiger partial charge on any atom is -0.341 e. The maximum Gasteiger partial charge on any atom is 0.233 e. The van der Waals surface area contributed by atoms with Gasteiger partial charge in [0.15, 0.2) is 0 Å². The Morgan fingerprint density at radius 3 is 2.72 bits per heavy atom. The van der Waals surface area contributed by atoms with E-state index in [1.54, 1.807) is 23.2 Å². The number of halogens is 1. The summed E-state index contributed by atoms with van der Waals surface area (Å²) >= 11 is 0. The first-order valence-electron chi connectivity index (χ1n) is 7.96. The van der Waals surface area contributed by atoms with E-state index >= 15 is 0 Å². The van der Waals surface area contributed by atoms with Crippen LogP contribution in [0.1, 0.15) is 17.4 Å². The molecule has 2 aromatic heterocycles. The predicted molar refractivity (Wildman–Crippen MR) is 87.0 cm³/mol. The minimum atomic E-state index is -0.305. The molecule has 0 N–H and O–H groups in total. The van der Waals surface area contributed by atoms with Crippen LogP contribution < -0.4 is 0 Å². The van der Waals surface area contributed by atoms with E-state index in [1.165, 1.54) is 12.1 Å². The van der Waals surface area contributed by atoms with Crippen LogP contribution in [0.4, 0.5) is 4.39 Å². The zero-order chi connectivity index (χ0) is 17.2. The van der Waals surface area contributed by atoms with Gasteiger partial charge < -0.3 is 9.42 Å². The van der Waals surface area contributed by atoms with E-state index in [4.69, 9.17) is 4.52 Å². The SMILES string of the molecule is O=C(Cc1ccc(F)cc1)N1CC(c2nc(-c3ccccn3)no2)C1. The van der Waals surface area contributed by atoms with Gasteiger partial charge >= 0.3 is 0 Å². The molecule has 0 atom stereocenters. The molecule has 3 heterocycles. The Labute approximate surface area is 143 Å². The van der Waals surface area contributed by atoms with Crippen LogP contribution in [0, 0.1) is 5.82 Å². The van der Waals surface area contributed by atoms with Gasteiger partial charge in [0.1, 0.15) is 11.5 Å². The quantitative estimate of drug-likeness (QED) is 0.731. The summed E-state index contributed by atoms with van der Waals surface area (Å²) in [6, 6.07) is 11.5. The third kappa shape index (κ3) is 3.26. The van der Waals surface area contributed by atoms with Gasteiger partial charge in [-0.2, -0.15) is 4.98 Å². The number of rotatable bonds is 4. The summed E-state index contributed by atoms with van der Waals surface area (Å²) < 4.78 is 18.2. The Kier molecular flexibility index (Phi) is 3.97. The van der Waals surface area contributed by atoms with Crippen LogP contribution in [-0.2, 0) is 11.2 Å². The molecule has 25 heavy (non-hydrogen) atoms. The van der Waals surface area contributed by atoms with Gasteiger partial charge in [-0.05, 0) is 29.8 Å². The van der Waals surface area contributed by atoms with Crippen LogP contribution in [0.3, 0.4) is 0 Å². The van der Waals surface area contributed by atoms with Crippen LogP contribution in [0.2, 0.25) is 0 Å². The Bertz CT molecular complexity index is 874. The summed E-state index contributed by atoms with van der Waals surface area (Å²) in [5.41, 5.74) is 1.45.